The molecule has 0 aliphatic carbocycles. The third kappa shape index (κ3) is 5.28. The van der Waals surface area contributed by atoms with Crippen molar-refractivity contribution in [3.8, 4) is 22.7 Å². The lowest BCUT2D eigenvalue weighted by molar-refractivity contribution is -0.123. The molecular weight excluding hydrogens is 430 g/mol. The van der Waals surface area contributed by atoms with Crippen LogP contribution >= 0.6 is 0 Å². The van der Waals surface area contributed by atoms with Gasteiger partial charge in [0, 0.05) is 22.2 Å². The van der Waals surface area contributed by atoms with Gasteiger partial charge in [-0.3, -0.25) is 4.79 Å². The van der Waals surface area contributed by atoms with Crippen LogP contribution in [0.25, 0.3) is 22.7 Å². The van der Waals surface area contributed by atoms with Gasteiger partial charge in [-0.05, 0) is 29.8 Å². The summed E-state index contributed by atoms with van der Waals surface area (Å²) < 4.78 is 31.9. The topological polar surface area (TPSA) is 98.7 Å². The van der Waals surface area contributed by atoms with Gasteiger partial charge in [-0.15, -0.1) is 15.3 Å². The van der Waals surface area contributed by atoms with E-state index in [1.54, 1.807) is 16.8 Å². The zero-order chi connectivity index (χ0) is 23.6. The van der Waals surface area contributed by atoms with Gasteiger partial charge in [-0.2, -0.15) is 8.78 Å². The van der Waals surface area contributed by atoms with Gasteiger partial charge < -0.3 is 9.73 Å². The van der Waals surface area contributed by atoms with Gasteiger partial charge in [0.15, 0.2) is 0 Å². The highest BCUT2D eigenvalue weighted by molar-refractivity contribution is 5.95. The molecule has 10 heteroatoms. The molecule has 2 aromatic heterocycles. The highest BCUT2D eigenvalue weighted by atomic mass is 19.3. The highest BCUT2D eigenvalue weighted by Gasteiger charge is 2.21. The van der Waals surface area contributed by atoms with Crippen molar-refractivity contribution >= 4 is 11.6 Å². The highest BCUT2D eigenvalue weighted by Crippen LogP contribution is 2.25. The molecule has 1 N–H and O–H groups in total. The second kappa shape index (κ2) is 8.89. The first-order chi connectivity index (χ1) is 15.7. The van der Waals surface area contributed by atoms with Crippen LogP contribution in [0.3, 0.4) is 0 Å². The molecule has 170 valence electrons. The van der Waals surface area contributed by atoms with Crippen LogP contribution < -0.4 is 5.32 Å². The largest absolute Gasteiger partial charge is 0.415 e. The van der Waals surface area contributed by atoms with Crippen LogP contribution in [-0.4, -0.2) is 31.1 Å². The van der Waals surface area contributed by atoms with E-state index in [9.17, 15) is 13.6 Å². The smallest absolute Gasteiger partial charge is 0.314 e. The molecule has 0 fully saturated rings. The Kier molecular flexibility index (Phi) is 5.99. The van der Waals surface area contributed by atoms with Crippen molar-refractivity contribution in [3.05, 3.63) is 66.2 Å². The summed E-state index contributed by atoms with van der Waals surface area (Å²) in [6.07, 6.45) is -0.992. The van der Waals surface area contributed by atoms with Gasteiger partial charge in [0.2, 0.25) is 11.8 Å². The molecule has 8 nitrogen and oxygen atoms in total. The number of benzene rings is 2. The average molecular weight is 452 g/mol. The van der Waals surface area contributed by atoms with Crippen molar-refractivity contribution in [2.24, 2.45) is 5.41 Å². The molecule has 0 radical (unpaired) electrons. The van der Waals surface area contributed by atoms with Crippen molar-refractivity contribution in [2.45, 2.75) is 33.7 Å². The lowest BCUT2D eigenvalue weighted by Gasteiger charge is -2.17. The first-order valence-electron chi connectivity index (χ1n) is 10.2. The van der Waals surface area contributed by atoms with Crippen LogP contribution in [0, 0.1) is 5.41 Å². The van der Waals surface area contributed by atoms with Gasteiger partial charge in [-0.25, -0.2) is 4.68 Å². The second-order valence-electron chi connectivity index (χ2n) is 8.53. The Hall–Kier alpha value is -3.95. The van der Waals surface area contributed by atoms with E-state index in [1.807, 2.05) is 63.4 Å². The summed E-state index contributed by atoms with van der Waals surface area (Å²) in [6.45, 7) is 6.02. The Morgan fingerprint density at radius 3 is 2.48 bits per heavy atom. The zero-order valence-corrected chi connectivity index (χ0v) is 18.3. The number of nitrogens with zero attached hydrogens (tertiary/aromatic N) is 5. The Morgan fingerprint density at radius 1 is 1.06 bits per heavy atom. The number of hydrogen-bond donors (Lipinski definition) is 1. The number of alkyl halides is 2. The summed E-state index contributed by atoms with van der Waals surface area (Å²) >= 11 is 0. The standard InChI is InChI=1S/C23H22F2N6O2/c1-23(2,3)22(32)26-17-6-4-5-16(11-17)18-13-31(30-27-18)12-14-7-9-15(10-8-14)20-28-29-21(33-20)19(24)25/h4-11,13,19H,12H2,1-3H3,(H,26,32). The molecule has 33 heavy (non-hydrogen) atoms. The number of anilines is 1. The van der Waals surface area contributed by atoms with E-state index < -0.39 is 17.7 Å². The maximum absolute atomic E-state index is 12.6. The van der Waals surface area contributed by atoms with Crippen molar-refractivity contribution in [2.75, 3.05) is 5.32 Å². The Morgan fingerprint density at radius 2 is 1.82 bits per heavy atom. The molecule has 0 saturated heterocycles. The number of carbonyl (C=O) groups is 1. The summed E-state index contributed by atoms with van der Waals surface area (Å²) in [4.78, 5) is 12.2. The molecule has 0 unspecified atom stereocenters. The minimum atomic E-state index is -2.80. The number of carbonyl (C=O) groups excluding carboxylic acids is 1. The maximum atomic E-state index is 12.6. The Balaban J connectivity index is 1.45. The first kappa shape index (κ1) is 22.3. The molecule has 4 rings (SSSR count). The third-order valence-electron chi connectivity index (χ3n) is 4.81. The van der Waals surface area contributed by atoms with E-state index in [0.29, 0.717) is 23.5 Å². The molecule has 4 aromatic rings. The minimum absolute atomic E-state index is 0.0401. The molecule has 0 saturated carbocycles. The predicted octanol–water partition coefficient (Wildman–Crippen LogP) is 4.97. The summed E-state index contributed by atoms with van der Waals surface area (Å²) in [5.41, 5.74) is 3.16. The fraction of sp³-hybridized carbons (Fsp3) is 0.261. The van der Waals surface area contributed by atoms with Crippen molar-refractivity contribution < 1.29 is 18.0 Å². The Labute approximate surface area is 188 Å². The van der Waals surface area contributed by atoms with Crippen molar-refractivity contribution in [1.29, 1.82) is 0 Å². The van der Waals surface area contributed by atoms with Gasteiger partial charge in [-0.1, -0.05) is 50.3 Å². The quantitative estimate of drug-likeness (QED) is 0.444. The normalized spacial score (nSPS) is 11.7. The molecule has 0 aliphatic rings. The summed E-state index contributed by atoms with van der Waals surface area (Å²) in [6, 6.07) is 14.5. The summed E-state index contributed by atoms with van der Waals surface area (Å²) in [5, 5.41) is 18.3. The fourth-order valence-electron chi connectivity index (χ4n) is 2.96. The number of halogens is 2. The van der Waals surface area contributed by atoms with E-state index in [1.165, 1.54) is 0 Å². The molecule has 0 aliphatic heterocycles. The maximum Gasteiger partial charge on any atom is 0.314 e. The van der Waals surface area contributed by atoms with E-state index in [0.717, 1.165) is 11.1 Å². The lowest BCUT2D eigenvalue weighted by Crippen LogP contribution is -2.27. The first-order valence-corrected chi connectivity index (χ1v) is 10.2. The van der Waals surface area contributed by atoms with Crippen LogP contribution in [0.5, 0.6) is 0 Å². The van der Waals surface area contributed by atoms with E-state index >= 15 is 0 Å². The minimum Gasteiger partial charge on any atom is -0.415 e. The Bertz CT molecular complexity index is 1260. The molecule has 1 amide bonds. The van der Waals surface area contributed by atoms with Crippen LogP contribution in [0.4, 0.5) is 14.5 Å². The SMILES string of the molecule is CC(C)(C)C(=O)Nc1cccc(-c2cn(Cc3ccc(-c4nnc(C(F)F)o4)cc3)nn2)c1. The molecule has 0 bridgehead atoms. The van der Waals surface area contributed by atoms with Gasteiger partial charge >= 0.3 is 6.43 Å². The zero-order valence-electron chi connectivity index (χ0n) is 18.3. The number of rotatable bonds is 6. The fourth-order valence-corrected chi connectivity index (χ4v) is 2.96. The lowest BCUT2D eigenvalue weighted by atomic mass is 9.95. The molecule has 2 heterocycles. The number of aromatic nitrogens is 5. The van der Waals surface area contributed by atoms with Crippen LogP contribution in [0.15, 0.2) is 59.1 Å². The third-order valence-corrected chi connectivity index (χ3v) is 4.81. The van der Waals surface area contributed by atoms with Crippen LogP contribution in [-0.2, 0) is 11.3 Å². The number of amides is 1. The van der Waals surface area contributed by atoms with E-state index in [-0.39, 0.29) is 11.8 Å². The van der Waals surface area contributed by atoms with Gasteiger partial charge in [0.25, 0.3) is 5.89 Å². The monoisotopic (exact) mass is 452 g/mol. The van der Waals surface area contributed by atoms with Crippen molar-refractivity contribution in [3.63, 3.8) is 0 Å². The molecule has 2 aromatic carbocycles. The van der Waals surface area contributed by atoms with E-state index in [4.69, 9.17) is 4.42 Å². The van der Waals surface area contributed by atoms with Gasteiger partial charge in [0.1, 0.15) is 5.69 Å². The molecular formula is C23H22F2N6O2. The summed E-state index contributed by atoms with van der Waals surface area (Å²) in [7, 11) is 0. The predicted molar refractivity (Wildman–Crippen MR) is 117 cm³/mol. The summed E-state index contributed by atoms with van der Waals surface area (Å²) in [5.74, 6) is -0.734. The van der Waals surface area contributed by atoms with Gasteiger partial charge in [0.05, 0.1) is 12.7 Å². The van der Waals surface area contributed by atoms with E-state index in [2.05, 4.69) is 25.8 Å². The van der Waals surface area contributed by atoms with Crippen molar-refractivity contribution in [1.82, 2.24) is 25.2 Å². The van der Waals surface area contributed by atoms with Crippen LogP contribution in [0.2, 0.25) is 0 Å². The molecule has 0 spiro atoms. The number of hydrogen-bond acceptors (Lipinski definition) is 6. The molecule has 0 atom stereocenters. The second-order valence-corrected chi connectivity index (χ2v) is 8.53. The number of nitrogens with one attached hydrogen (secondary N) is 1. The van der Waals surface area contributed by atoms with Crippen LogP contribution in [0.1, 0.15) is 38.7 Å². The average Bonchev–Trinajstić information content (AvgIpc) is 3.44.